The summed E-state index contributed by atoms with van der Waals surface area (Å²) in [7, 11) is 0. The van der Waals surface area contributed by atoms with Crippen LogP contribution in [-0.2, 0) is 14.3 Å². The molecule has 0 spiro atoms. The number of nitrogens with zero attached hydrogens (tertiary/aromatic N) is 1. The lowest BCUT2D eigenvalue weighted by Gasteiger charge is -2.32. The molecule has 1 fully saturated rings. The molecule has 1 saturated heterocycles. The third-order valence-corrected chi connectivity index (χ3v) is 3.85. The summed E-state index contributed by atoms with van der Waals surface area (Å²) in [4.78, 5) is 24.5. The van der Waals surface area contributed by atoms with Crippen molar-refractivity contribution in [1.29, 1.82) is 0 Å². The van der Waals surface area contributed by atoms with E-state index in [1.165, 1.54) is 6.92 Å². The molecule has 0 bridgehead atoms. The van der Waals surface area contributed by atoms with Gasteiger partial charge >= 0.3 is 5.97 Å². The predicted molar refractivity (Wildman–Crippen MR) is 64.3 cm³/mol. The number of hydrogen-bond acceptors (Lipinski definition) is 4. The van der Waals surface area contributed by atoms with Crippen LogP contribution >= 0.6 is 23.4 Å². The molecule has 16 heavy (non-hydrogen) atoms. The quantitative estimate of drug-likeness (QED) is 0.564. The summed E-state index contributed by atoms with van der Waals surface area (Å²) in [6.07, 6.45) is 0. The van der Waals surface area contributed by atoms with Gasteiger partial charge in [-0.2, -0.15) is 0 Å². The smallest absolute Gasteiger partial charge is 0.331 e. The van der Waals surface area contributed by atoms with Gasteiger partial charge in [0.1, 0.15) is 6.04 Å². The minimum atomic E-state index is -0.671. The van der Waals surface area contributed by atoms with Gasteiger partial charge in [0, 0.05) is 12.7 Å². The molecule has 1 aliphatic heterocycles. The highest BCUT2D eigenvalue weighted by molar-refractivity contribution is 8.00. The minimum Gasteiger partial charge on any atom is -0.445 e. The average Bonchev–Trinajstić information content (AvgIpc) is 2.39. The second-order valence-electron chi connectivity index (χ2n) is 4.14. The molecule has 1 heterocycles. The summed E-state index contributed by atoms with van der Waals surface area (Å²) >= 11 is 7.16. The normalized spacial score (nSPS) is 25.3. The summed E-state index contributed by atoms with van der Waals surface area (Å²) in [6, 6.07) is -0.529. The van der Waals surface area contributed by atoms with Crippen molar-refractivity contribution in [2.24, 2.45) is 0 Å². The van der Waals surface area contributed by atoms with Crippen LogP contribution in [0, 0.1) is 0 Å². The number of carbonyl (C=O) groups excluding carboxylic acids is 2. The molecule has 2 atom stereocenters. The molecule has 0 aromatic rings. The van der Waals surface area contributed by atoms with E-state index in [1.54, 1.807) is 23.6 Å². The van der Waals surface area contributed by atoms with E-state index in [0.29, 0.717) is 5.75 Å². The predicted octanol–water partition coefficient (Wildman–Crippen LogP) is 1.81. The van der Waals surface area contributed by atoms with Crippen LogP contribution < -0.4 is 0 Å². The lowest BCUT2D eigenvalue weighted by Crippen LogP contribution is -2.49. The van der Waals surface area contributed by atoms with E-state index in [1.807, 2.05) is 13.8 Å². The monoisotopic (exact) mass is 265 g/mol. The Bertz CT molecular complexity index is 306. The van der Waals surface area contributed by atoms with Gasteiger partial charge in [0.2, 0.25) is 5.91 Å². The highest BCUT2D eigenvalue weighted by atomic mass is 35.5. The molecule has 1 amide bonds. The van der Waals surface area contributed by atoms with Gasteiger partial charge in [0.25, 0.3) is 0 Å². The van der Waals surface area contributed by atoms with E-state index >= 15 is 0 Å². The fraction of sp³-hybridized carbons (Fsp3) is 0.800. The third kappa shape index (κ3) is 2.83. The van der Waals surface area contributed by atoms with Crippen LogP contribution in [0.25, 0.3) is 0 Å². The standard InChI is InChI=1S/C10H16ClNO3S/c1-6(11)15-9(14)8-5-16-10(3,4)12(8)7(2)13/h6,8H,5H2,1-4H3/t6?,8-/m0/s1. The van der Waals surface area contributed by atoms with Crippen molar-refractivity contribution in [1.82, 2.24) is 4.90 Å². The van der Waals surface area contributed by atoms with Crippen molar-refractivity contribution < 1.29 is 14.3 Å². The first-order valence-electron chi connectivity index (χ1n) is 5.04. The number of esters is 1. The van der Waals surface area contributed by atoms with E-state index < -0.39 is 17.6 Å². The van der Waals surface area contributed by atoms with Crippen LogP contribution in [0.2, 0.25) is 0 Å². The summed E-state index contributed by atoms with van der Waals surface area (Å²) in [5, 5.41) is 0. The maximum absolute atomic E-state index is 11.7. The molecular weight excluding hydrogens is 250 g/mol. The molecule has 0 aromatic carbocycles. The topological polar surface area (TPSA) is 46.6 Å². The van der Waals surface area contributed by atoms with Gasteiger partial charge in [-0.1, -0.05) is 11.6 Å². The molecule has 0 aliphatic carbocycles. The first kappa shape index (κ1) is 13.6. The van der Waals surface area contributed by atoms with Gasteiger partial charge in [-0.05, 0) is 20.8 Å². The number of ether oxygens (including phenoxy) is 1. The van der Waals surface area contributed by atoms with Gasteiger partial charge < -0.3 is 9.64 Å². The van der Waals surface area contributed by atoms with Crippen molar-refractivity contribution in [2.75, 3.05) is 5.75 Å². The zero-order valence-corrected chi connectivity index (χ0v) is 11.4. The van der Waals surface area contributed by atoms with Crippen molar-refractivity contribution in [2.45, 2.75) is 44.2 Å². The molecule has 1 aliphatic rings. The lowest BCUT2D eigenvalue weighted by molar-refractivity contribution is -0.155. The number of hydrogen-bond donors (Lipinski definition) is 0. The zero-order chi connectivity index (χ0) is 12.5. The molecule has 92 valence electrons. The number of amides is 1. The van der Waals surface area contributed by atoms with Gasteiger partial charge in [0.05, 0.1) is 4.87 Å². The van der Waals surface area contributed by atoms with Crippen molar-refractivity contribution in [3.05, 3.63) is 0 Å². The van der Waals surface area contributed by atoms with E-state index in [9.17, 15) is 9.59 Å². The number of carbonyl (C=O) groups is 2. The van der Waals surface area contributed by atoms with Gasteiger partial charge in [-0.15, -0.1) is 11.8 Å². The highest BCUT2D eigenvalue weighted by Gasteiger charge is 2.46. The van der Waals surface area contributed by atoms with Crippen LogP contribution in [0.3, 0.4) is 0 Å². The Balaban J connectivity index is 2.82. The van der Waals surface area contributed by atoms with Gasteiger partial charge in [-0.25, -0.2) is 4.79 Å². The fourth-order valence-corrected chi connectivity index (χ4v) is 3.15. The molecule has 4 nitrogen and oxygen atoms in total. The Morgan fingerprint density at radius 3 is 2.56 bits per heavy atom. The highest BCUT2D eigenvalue weighted by Crippen LogP contribution is 2.39. The van der Waals surface area contributed by atoms with Crippen molar-refractivity contribution >= 4 is 35.2 Å². The molecule has 0 aromatic heterocycles. The number of alkyl halides is 1. The SMILES string of the molecule is CC(=O)N1[C@H](C(=O)OC(C)Cl)CSC1(C)C. The summed E-state index contributed by atoms with van der Waals surface area (Å²) in [5.74, 6) is -0.00961. The summed E-state index contributed by atoms with van der Waals surface area (Å²) in [6.45, 7) is 6.86. The van der Waals surface area contributed by atoms with E-state index in [-0.39, 0.29) is 10.8 Å². The van der Waals surface area contributed by atoms with E-state index in [0.717, 1.165) is 0 Å². The first-order chi connectivity index (χ1) is 7.25. The van der Waals surface area contributed by atoms with Crippen molar-refractivity contribution in [3.8, 4) is 0 Å². The van der Waals surface area contributed by atoms with Crippen LogP contribution in [0.1, 0.15) is 27.7 Å². The molecule has 0 saturated carbocycles. The Kier molecular flexibility index (Phi) is 4.12. The van der Waals surface area contributed by atoms with E-state index in [4.69, 9.17) is 16.3 Å². The van der Waals surface area contributed by atoms with E-state index in [2.05, 4.69) is 0 Å². The largest absolute Gasteiger partial charge is 0.445 e. The molecular formula is C10H16ClNO3S. The molecule has 6 heteroatoms. The number of halogens is 1. The van der Waals surface area contributed by atoms with Crippen LogP contribution in [0.15, 0.2) is 0 Å². The Hall–Kier alpha value is -0.420. The minimum absolute atomic E-state index is 0.126. The summed E-state index contributed by atoms with van der Waals surface area (Å²) in [5.41, 5.74) is -0.671. The maximum Gasteiger partial charge on any atom is 0.331 e. The van der Waals surface area contributed by atoms with Crippen LogP contribution in [0.5, 0.6) is 0 Å². The van der Waals surface area contributed by atoms with Gasteiger partial charge in [0.15, 0.2) is 5.56 Å². The molecule has 1 unspecified atom stereocenters. The van der Waals surface area contributed by atoms with Crippen LogP contribution in [0.4, 0.5) is 0 Å². The third-order valence-electron chi connectivity index (χ3n) is 2.38. The first-order valence-corrected chi connectivity index (χ1v) is 6.46. The zero-order valence-electron chi connectivity index (χ0n) is 9.82. The molecule has 0 N–H and O–H groups in total. The van der Waals surface area contributed by atoms with Crippen LogP contribution in [-0.4, -0.2) is 39.0 Å². The fourth-order valence-electron chi connectivity index (χ4n) is 1.81. The average molecular weight is 266 g/mol. The molecule has 1 rings (SSSR count). The number of rotatable bonds is 2. The molecule has 0 radical (unpaired) electrons. The number of thioether (sulfide) groups is 1. The lowest BCUT2D eigenvalue weighted by atomic mass is 10.2. The second kappa shape index (κ2) is 4.84. The second-order valence-corrected chi connectivity index (χ2v) is 6.38. The Morgan fingerprint density at radius 1 is 1.56 bits per heavy atom. The van der Waals surface area contributed by atoms with Crippen molar-refractivity contribution in [3.63, 3.8) is 0 Å². The maximum atomic E-state index is 11.7. The summed E-state index contributed by atoms with van der Waals surface area (Å²) < 4.78 is 4.93. The Labute approximate surface area is 105 Å². The Morgan fingerprint density at radius 2 is 2.12 bits per heavy atom. The van der Waals surface area contributed by atoms with Gasteiger partial charge in [-0.3, -0.25) is 4.79 Å².